The van der Waals surface area contributed by atoms with Crippen LogP contribution in [0.15, 0.2) is 73.1 Å². The summed E-state index contributed by atoms with van der Waals surface area (Å²) in [4.78, 5) is 57.7. The highest BCUT2D eigenvalue weighted by Gasteiger charge is 2.62. The molecule has 0 unspecified atom stereocenters. The predicted octanol–water partition coefficient (Wildman–Crippen LogP) is 2.81. The summed E-state index contributed by atoms with van der Waals surface area (Å²) in [6.07, 6.45) is 4.10. The molecule has 254 valence electrons. The van der Waals surface area contributed by atoms with Gasteiger partial charge in [-0.1, -0.05) is 60.7 Å². The third kappa shape index (κ3) is 6.85. The number of nitrogens with one attached hydrogen (secondary N) is 2. The number of nitrogens with zero attached hydrogens (tertiary/aromatic N) is 4. The monoisotopic (exact) mass is 658 g/mol. The van der Waals surface area contributed by atoms with E-state index < -0.39 is 41.5 Å². The molecule has 2 aliphatic heterocycles. The zero-order chi connectivity index (χ0) is 33.9. The Morgan fingerprint density at radius 3 is 2.25 bits per heavy atom. The minimum Gasteiger partial charge on any atom is -0.371 e. The number of likely N-dealkylation sites (N-methyl/N-ethyl adjacent to an activating group) is 1. The molecule has 0 bridgehead atoms. The van der Waals surface area contributed by atoms with Gasteiger partial charge in [0.15, 0.2) is 0 Å². The second kappa shape index (κ2) is 13.9. The van der Waals surface area contributed by atoms with Gasteiger partial charge in [-0.3, -0.25) is 28.3 Å². The summed E-state index contributed by atoms with van der Waals surface area (Å²) in [6, 6.07) is 18.4. The lowest BCUT2D eigenvalue weighted by Gasteiger charge is -2.51. The van der Waals surface area contributed by atoms with E-state index in [2.05, 4.69) is 15.7 Å². The van der Waals surface area contributed by atoms with Crippen LogP contribution in [0.1, 0.15) is 47.7 Å². The highest BCUT2D eigenvalue weighted by atomic mass is 19.1. The number of alkyl halides is 1. The zero-order valence-electron chi connectivity index (χ0n) is 27.4. The van der Waals surface area contributed by atoms with E-state index in [0.717, 1.165) is 11.1 Å². The van der Waals surface area contributed by atoms with Crippen molar-refractivity contribution in [2.24, 2.45) is 16.7 Å². The minimum atomic E-state index is -0.985. The maximum absolute atomic E-state index is 14.1. The van der Waals surface area contributed by atoms with Gasteiger partial charge in [-0.15, -0.1) is 0 Å². The van der Waals surface area contributed by atoms with Gasteiger partial charge in [0.1, 0.15) is 6.04 Å². The van der Waals surface area contributed by atoms with E-state index in [1.54, 1.807) is 27.6 Å². The second-order valence-corrected chi connectivity index (χ2v) is 13.5. The molecular formula is C36H43FN6O5. The van der Waals surface area contributed by atoms with E-state index in [1.807, 2.05) is 60.7 Å². The number of halogens is 1. The molecule has 1 aliphatic carbocycles. The number of likely N-dealkylation sites (tertiary alicyclic amines) is 2. The van der Waals surface area contributed by atoms with Crippen molar-refractivity contribution in [3.63, 3.8) is 0 Å². The van der Waals surface area contributed by atoms with Gasteiger partial charge in [0.05, 0.1) is 49.0 Å². The first kappa shape index (κ1) is 33.3. The molecule has 6 rings (SSSR count). The van der Waals surface area contributed by atoms with Crippen LogP contribution in [0.3, 0.4) is 0 Å². The highest BCUT2D eigenvalue weighted by molar-refractivity contribution is 5.96. The van der Waals surface area contributed by atoms with Crippen LogP contribution >= 0.6 is 0 Å². The van der Waals surface area contributed by atoms with Crippen molar-refractivity contribution in [1.82, 2.24) is 30.2 Å². The number of carbonyl (C=O) groups excluding carboxylic acids is 4. The van der Waals surface area contributed by atoms with E-state index in [1.165, 1.54) is 13.2 Å². The predicted molar refractivity (Wildman–Crippen MR) is 175 cm³/mol. The van der Waals surface area contributed by atoms with Gasteiger partial charge in [-0.2, -0.15) is 5.10 Å². The summed E-state index contributed by atoms with van der Waals surface area (Å²) in [5.74, 6) is -1.81. The highest BCUT2D eigenvalue weighted by Crippen LogP contribution is 2.53. The number of amides is 4. The maximum atomic E-state index is 14.1. The van der Waals surface area contributed by atoms with Crippen LogP contribution in [0.5, 0.6) is 0 Å². The summed E-state index contributed by atoms with van der Waals surface area (Å²) < 4.78 is 21.0. The van der Waals surface area contributed by atoms with Crippen molar-refractivity contribution >= 4 is 23.6 Å². The first-order chi connectivity index (χ1) is 23.2. The number of ether oxygens (including phenoxy) is 1. The van der Waals surface area contributed by atoms with Gasteiger partial charge in [0.25, 0.3) is 5.91 Å². The third-order valence-electron chi connectivity index (χ3n) is 10.1. The van der Waals surface area contributed by atoms with Crippen LogP contribution in [-0.2, 0) is 32.3 Å². The van der Waals surface area contributed by atoms with Crippen LogP contribution in [0, 0.1) is 16.7 Å². The van der Waals surface area contributed by atoms with Gasteiger partial charge < -0.3 is 25.2 Å². The molecule has 1 aromatic heterocycles. The molecule has 1 saturated carbocycles. The zero-order valence-corrected chi connectivity index (χ0v) is 27.4. The van der Waals surface area contributed by atoms with Crippen LogP contribution in [-0.4, -0.2) is 95.3 Å². The molecule has 1 spiro atoms. The Labute approximate surface area is 279 Å². The topological polar surface area (TPSA) is 126 Å². The summed E-state index contributed by atoms with van der Waals surface area (Å²) in [6.45, 7) is 2.88. The Balaban J connectivity index is 1.18. The standard InChI is InChI=1S/C36H43FN6O5/c1-25(48-21-27-11-7-4-8-12-27)30(32(45)38-2)40-31(44)29-20-41(22-36(29)23-42(24-36)34(47)35(13-14-35)15-16-37)33(46)28-17-39-43(19-28)18-26-9-5-3-6-10-26/h3-12,17,19,25,29-30H,13-16,18,20-24H2,1-2H3,(H,38,45)(H,40,44)/t25-,29-,30+/m1/s1. The van der Waals surface area contributed by atoms with E-state index in [0.29, 0.717) is 24.9 Å². The summed E-state index contributed by atoms with van der Waals surface area (Å²) in [7, 11) is 1.50. The fourth-order valence-electron chi connectivity index (χ4n) is 7.12. The lowest BCUT2D eigenvalue weighted by molar-refractivity contribution is -0.155. The summed E-state index contributed by atoms with van der Waals surface area (Å²) >= 11 is 0. The third-order valence-corrected chi connectivity index (χ3v) is 10.1. The molecule has 3 atom stereocenters. The lowest BCUT2D eigenvalue weighted by atomic mass is 9.70. The Bertz CT molecular complexity index is 1620. The van der Waals surface area contributed by atoms with Gasteiger partial charge in [-0.25, -0.2) is 0 Å². The largest absolute Gasteiger partial charge is 0.371 e. The SMILES string of the molecule is CNC(=O)[C@@H](NC(=O)[C@H]1CN(C(=O)c2cnn(Cc3ccccc3)c2)CC12CN(C(=O)C1(CCF)CC1)C2)[C@@H](C)OCc1ccccc1. The molecular weight excluding hydrogens is 615 g/mol. The van der Waals surface area contributed by atoms with Crippen molar-refractivity contribution in [2.75, 3.05) is 39.9 Å². The molecule has 3 aromatic rings. The molecule has 0 radical (unpaired) electrons. The molecule has 2 aromatic carbocycles. The number of aromatic nitrogens is 2. The van der Waals surface area contributed by atoms with E-state index in [9.17, 15) is 23.6 Å². The normalized spacial score (nSPS) is 20.1. The summed E-state index contributed by atoms with van der Waals surface area (Å²) in [5, 5.41) is 9.94. The van der Waals surface area contributed by atoms with Crippen molar-refractivity contribution in [3.8, 4) is 0 Å². The minimum absolute atomic E-state index is 0.0805. The Hall–Kier alpha value is -4.58. The van der Waals surface area contributed by atoms with E-state index in [4.69, 9.17) is 4.74 Å². The maximum Gasteiger partial charge on any atom is 0.257 e. The molecule has 12 heteroatoms. The van der Waals surface area contributed by atoms with Crippen molar-refractivity contribution in [3.05, 3.63) is 89.7 Å². The molecule has 2 N–H and O–H groups in total. The molecule has 3 fully saturated rings. The van der Waals surface area contributed by atoms with Crippen molar-refractivity contribution in [2.45, 2.75) is 51.5 Å². The van der Waals surface area contributed by atoms with Gasteiger partial charge in [0, 0.05) is 44.8 Å². The van der Waals surface area contributed by atoms with Crippen LogP contribution in [0.4, 0.5) is 4.39 Å². The Morgan fingerprint density at radius 2 is 1.62 bits per heavy atom. The fourth-order valence-corrected chi connectivity index (χ4v) is 7.12. The average molecular weight is 659 g/mol. The van der Waals surface area contributed by atoms with E-state index in [-0.39, 0.29) is 56.9 Å². The fraction of sp³-hybridized carbons (Fsp3) is 0.472. The Morgan fingerprint density at radius 1 is 0.979 bits per heavy atom. The molecule has 48 heavy (non-hydrogen) atoms. The number of rotatable bonds is 13. The smallest absolute Gasteiger partial charge is 0.257 e. The number of carbonyl (C=O) groups is 4. The van der Waals surface area contributed by atoms with Gasteiger partial charge in [-0.05, 0) is 37.3 Å². The lowest BCUT2D eigenvalue weighted by Crippen LogP contribution is -2.66. The Kier molecular flexibility index (Phi) is 9.63. The van der Waals surface area contributed by atoms with Gasteiger partial charge >= 0.3 is 0 Å². The quantitative estimate of drug-likeness (QED) is 0.291. The summed E-state index contributed by atoms with van der Waals surface area (Å²) in [5.41, 5.74) is 1.03. The first-order valence-electron chi connectivity index (χ1n) is 16.6. The molecule has 4 amide bonds. The molecule has 3 aliphatic rings. The second-order valence-electron chi connectivity index (χ2n) is 13.5. The molecule has 2 saturated heterocycles. The van der Waals surface area contributed by atoms with Crippen LogP contribution < -0.4 is 10.6 Å². The van der Waals surface area contributed by atoms with Crippen molar-refractivity contribution < 1.29 is 28.3 Å². The van der Waals surface area contributed by atoms with E-state index >= 15 is 0 Å². The van der Waals surface area contributed by atoms with Crippen molar-refractivity contribution in [1.29, 1.82) is 0 Å². The number of benzene rings is 2. The van der Waals surface area contributed by atoms with Gasteiger partial charge in [0.2, 0.25) is 17.7 Å². The number of hydrogen-bond acceptors (Lipinski definition) is 6. The average Bonchev–Trinajstić information content (AvgIpc) is 3.53. The number of hydrogen-bond donors (Lipinski definition) is 2. The molecule has 11 nitrogen and oxygen atoms in total. The van der Waals surface area contributed by atoms with Crippen LogP contribution in [0.2, 0.25) is 0 Å². The van der Waals surface area contributed by atoms with Crippen LogP contribution in [0.25, 0.3) is 0 Å². The molecule has 3 heterocycles. The first-order valence-corrected chi connectivity index (χ1v) is 16.6.